The van der Waals surface area contributed by atoms with E-state index < -0.39 is 17.3 Å². The summed E-state index contributed by atoms with van der Waals surface area (Å²) in [5.41, 5.74) is -0.102. The minimum atomic E-state index is -4.65. The molecule has 0 aromatic heterocycles. The zero-order chi connectivity index (χ0) is 20.6. The van der Waals surface area contributed by atoms with Crippen molar-refractivity contribution in [2.45, 2.75) is 18.8 Å². The number of fused-ring (bicyclic) bond motifs is 1. The molecule has 5 nitrogen and oxygen atoms in total. The molecule has 2 amide bonds. The average Bonchev–Trinajstić information content (AvgIpc) is 3.03. The van der Waals surface area contributed by atoms with Crippen LogP contribution in [0.4, 0.5) is 23.7 Å². The first-order chi connectivity index (χ1) is 13.9. The zero-order valence-electron chi connectivity index (χ0n) is 15.6. The monoisotopic (exact) mass is 400 g/mol. The molecule has 29 heavy (non-hydrogen) atoms. The van der Waals surface area contributed by atoms with Crippen LogP contribution in [0.25, 0.3) is 0 Å². The molecule has 150 valence electrons. The number of carbonyl (C=O) groups excluding carboxylic acids is 1. The average molecular weight is 400 g/mol. The number of hydrogen-bond acceptors (Lipinski definition) is 3. The van der Waals surface area contributed by atoms with Crippen LogP contribution in [0.5, 0.6) is 0 Å². The fourth-order valence-corrected chi connectivity index (χ4v) is 4.00. The van der Waals surface area contributed by atoms with E-state index in [9.17, 15) is 18.0 Å². The summed E-state index contributed by atoms with van der Waals surface area (Å²) in [5.74, 6) is 0. The number of amides is 2. The molecule has 2 saturated heterocycles. The van der Waals surface area contributed by atoms with E-state index in [1.165, 1.54) is 16.5 Å². The highest BCUT2D eigenvalue weighted by molar-refractivity contribution is 5.95. The quantitative estimate of drug-likeness (QED) is 0.790. The predicted molar refractivity (Wildman–Crippen MR) is 101 cm³/mol. The molecule has 2 aliphatic rings. The maximum atomic E-state index is 13.3. The summed E-state index contributed by atoms with van der Waals surface area (Å²) in [6.07, 6.45) is -4.65. The molecule has 0 N–H and O–H groups in total. The van der Waals surface area contributed by atoms with Crippen LogP contribution in [0.3, 0.4) is 0 Å². The fourth-order valence-electron chi connectivity index (χ4n) is 4.00. The van der Waals surface area contributed by atoms with Crippen LogP contribution >= 0.6 is 0 Å². The Hall–Kier alpha value is -3.05. The molecule has 0 bridgehead atoms. The summed E-state index contributed by atoms with van der Waals surface area (Å²) >= 11 is 0. The van der Waals surface area contributed by atoms with Gasteiger partial charge in [-0.15, -0.1) is 0 Å². The molecule has 8 heteroatoms. The Morgan fingerprint density at radius 1 is 1.07 bits per heavy atom. The van der Waals surface area contributed by atoms with Gasteiger partial charge in [0.05, 0.1) is 23.2 Å². The molecule has 1 atom stereocenters. The first kappa shape index (κ1) is 19.3. The van der Waals surface area contributed by atoms with Crippen LogP contribution in [0.1, 0.15) is 16.7 Å². The number of rotatable bonds is 3. The normalized spacial score (nSPS) is 19.9. The number of anilines is 1. The Morgan fingerprint density at radius 2 is 1.83 bits per heavy atom. The van der Waals surface area contributed by atoms with Crippen molar-refractivity contribution in [3.05, 3.63) is 65.2 Å². The summed E-state index contributed by atoms with van der Waals surface area (Å²) in [6, 6.07) is 14.7. The van der Waals surface area contributed by atoms with Gasteiger partial charge in [0.25, 0.3) is 0 Å². The second kappa shape index (κ2) is 7.41. The summed E-state index contributed by atoms with van der Waals surface area (Å²) in [4.78, 5) is 18.2. The minimum absolute atomic E-state index is 0.0788. The third kappa shape index (κ3) is 3.78. The molecular formula is C21H19F3N4O. The smallest absolute Gasteiger partial charge is 0.317 e. The largest absolute Gasteiger partial charge is 0.417 e. The number of nitrogens with zero attached hydrogens (tertiary/aromatic N) is 4. The first-order valence-electron chi connectivity index (χ1n) is 9.32. The molecule has 4 rings (SSSR count). The topological polar surface area (TPSA) is 50.6 Å². The van der Waals surface area contributed by atoms with Gasteiger partial charge in [-0.05, 0) is 23.8 Å². The Morgan fingerprint density at radius 3 is 2.52 bits per heavy atom. The fraction of sp³-hybridized carbons (Fsp3) is 0.333. The van der Waals surface area contributed by atoms with Gasteiger partial charge in [-0.25, -0.2) is 4.79 Å². The highest BCUT2D eigenvalue weighted by Gasteiger charge is 2.42. The van der Waals surface area contributed by atoms with Gasteiger partial charge in [-0.1, -0.05) is 30.3 Å². The van der Waals surface area contributed by atoms with Crippen molar-refractivity contribution in [2.75, 3.05) is 31.1 Å². The molecule has 2 fully saturated rings. The number of benzene rings is 2. The predicted octanol–water partition coefficient (Wildman–Crippen LogP) is 3.70. The van der Waals surface area contributed by atoms with E-state index in [1.807, 2.05) is 30.3 Å². The van der Waals surface area contributed by atoms with Crippen LogP contribution in [-0.4, -0.2) is 48.1 Å². The van der Waals surface area contributed by atoms with Crippen molar-refractivity contribution in [3.8, 4) is 6.07 Å². The molecular weight excluding hydrogens is 381 g/mol. The zero-order valence-corrected chi connectivity index (χ0v) is 15.6. The highest BCUT2D eigenvalue weighted by atomic mass is 19.4. The number of carbonyl (C=O) groups is 1. The van der Waals surface area contributed by atoms with E-state index in [0.29, 0.717) is 26.2 Å². The third-order valence-electron chi connectivity index (χ3n) is 5.43. The SMILES string of the molecule is N#Cc1ccc(N2C[C@@H]3CN(Cc4ccccc4)CCN3C2=O)cc1C(F)(F)F. The lowest BCUT2D eigenvalue weighted by Gasteiger charge is -2.36. The lowest BCUT2D eigenvalue weighted by Crippen LogP contribution is -2.51. The molecule has 2 aromatic carbocycles. The molecule has 0 aliphatic carbocycles. The van der Waals surface area contributed by atoms with Crippen molar-refractivity contribution in [1.29, 1.82) is 5.26 Å². The van der Waals surface area contributed by atoms with E-state index in [2.05, 4.69) is 4.90 Å². The highest BCUT2D eigenvalue weighted by Crippen LogP contribution is 2.36. The van der Waals surface area contributed by atoms with Gasteiger partial charge in [0.15, 0.2) is 0 Å². The van der Waals surface area contributed by atoms with E-state index in [-0.39, 0.29) is 17.8 Å². The summed E-state index contributed by atoms with van der Waals surface area (Å²) < 4.78 is 39.8. The van der Waals surface area contributed by atoms with Crippen molar-refractivity contribution < 1.29 is 18.0 Å². The molecule has 0 radical (unpaired) electrons. The molecule has 0 spiro atoms. The van der Waals surface area contributed by atoms with Crippen LogP contribution in [0, 0.1) is 11.3 Å². The lowest BCUT2D eigenvalue weighted by atomic mass is 10.1. The number of halogens is 3. The van der Waals surface area contributed by atoms with Crippen LogP contribution in [-0.2, 0) is 12.7 Å². The standard InChI is InChI=1S/C21H19F3N4O/c22-21(23,24)19-10-17(7-6-16(19)11-25)28-14-18-13-26(8-9-27(18)20(28)29)12-15-4-2-1-3-5-15/h1-7,10,18H,8-9,12-14H2/t18-/m0/s1. The van der Waals surface area contributed by atoms with Crippen molar-refractivity contribution in [2.24, 2.45) is 0 Å². The van der Waals surface area contributed by atoms with Gasteiger partial charge in [0.1, 0.15) is 0 Å². The second-order valence-electron chi connectivity index (χ2n) is 7.30. The number of piperazine rings is 1. The number of alkyl halides is 3. The van der Waals surface area contributed by atoms with Gasteiger partial charge in [-0.2, -0.15) is 18.4 Å². The number of nitriles is 1. The van der Waals surface area contributed by atoms with Gasteiger partial charge < -0.3 is 4.90 Å². The molecule has 2 aromatic rings. The minimum Gasteiger partial charge on any atom is -0.317 e. The maximum absolute atomic E-state index is 13.3. The van der Waals surface area contributed by atoms with Crippen molar-refractivity contribution >= 4 is 11.7 Å². The van der Waals surface area contributed by atoms with E-state index in [4.69, 9.17) is 5.26 Å². The molecule has 2 aliphatic heterocycles. The Kier molecular flexibility index (Phi) is 4.92. The molecule has 0 unspecified atom stereocenters. The number of hydrogen-bond donors (Lipinski definition) is 0. The van der Waals surface area contributed by atoms with Gasteiger partial charge >= 0.3 is 12.2 Å². The number of urea groups is 1. The van der Waals surface area contributed by atoms with Gasteiger partial charge in [0, 0.05) is 38.4 Å². The van der Waals surface area contributed by atoms with Gasteiger partial charge in [0.2, 0.25) is 0 Å². The van der Waals surface area contributed by atoms with E-state index >= 15 is 0 Å². The third-order valence-corrected chi connectivity index (χ3v) is 5.43. The maximum Gasteiger partial charge on any atom is 0.417 e. The van der Waals surface area contributed by atoms with Gasteiger partial charge in [-0.3, -0.25) is 9.80 Å². The first-order valence-corrected chi connectivity index (χ1v) is 9.32. The van der Waals surface area contributed by atoms with E-state index in [1.54, 1.807) is 11.0 Å². The van der Waals surface area contributed by atoms with Crippen molar-refractivity contribution in [3.63, 3.8) is 0 Å². The van der Waals surface area contributed by atoms with Crippen molar-refractivity contribution in [1.82, 2.24) is 9.80 Å². The molecule has 0 saturated carbocycles. The van der Waals surface area contributed by atoms with Crippen LogP contribution in [0.15, 0.2) is 48.5 Å². The summed E-state index contributed by atoms with van der Waals surface area (Å²) in [5, 5.41) is 8.96. The Bertz CT molecular complexity index is 955. The lowest BCUT2D eigenvalue weighted by molar-refractivity contribution is -0.137. The summed E-state index contributed by atoms with van der Waals surface area (Å²) in [7, 11) is 0. The Balaban J connectivity index is 1.52. The van der Waals surface area contributed by atoms with Crippen LogP contribution < -0.4 is 4.90 Å². The molecule has 2 heterocycles. The van der Waals surface area contributed by atoms with Crippen LogP contribution in [0.2, 0.25) is 0 Å². The second-order valence-corrected chi connectivity index (χ2v) is 7.30. The van der Waals surface area contributed by atoms with E-state index in [0.717, 1.165) is 18.7 Å². The summed E-state index contributed by atoms with van der Waals surface area (Å²) in [6.45, 7) is 3.02. The Labute approximate surface area is 166 Å².